The molecule has 1 heterocycles. The van der Waals surface area contributed by atoms with E-state index in [9.17, 15) is 5.11 Å². The van der Waals surface area contributed by atoms with E-state index in [4.69, 9.17) is 0 Å². The van der Waals surface area contributed by atoms with E-state index in [0.29, 0.717) is 0 Å². The number of aliphatic hydroxyl groups is 1. The molecule has 0 radical (unpaired) electrons. The van der Waals surface area contributed by atoms with Gasteiger partial charge in [0.2, 0.25) is 0 Å². The van der Waals surface area contributed by atoms with Gasteiger partial charge in [0, 0.05) is 11.1 Å². The first-order chi connectivity index (χ1) is 4.81. The molecule has 1 atom stereocenters. The van der Waals surface area contributed by atoms with E-state index in [2.05, 4.69) is 33.0 Å². The largest absolute Gasteiger partial charge is 0.393 e. The van der Waals surface area contributed by atoms with Crippen LogP contribution in [0.5, 0.6) is 0 Å². The van der Waals surface area contributed by atoms with Crippen molar-refractivity contribution in [2.75, 3.05) is 0 Å². The SMILES string of the molecule is CC1(C)CC(O)CC(C)(C)N1.P. The molecule has 0 aromatic heterocycles. The van der Waals surface area contributed by atoms with Crippen LogP contribution < -0.4 is 5.32 Å². The molecule has 12 heavy (non-hydrogen) atoms. The second kappa shape index (κ2) is 3.61. The van der Waals surface area contributed by atoms with Crippen LogP contribution in [-0.4, -0.2) is 22.3 Å². The highest BCUT2D eigenvalue weighted by Gasteiger charge is 2.36. The zero-order valence-electron chi connectivity index (χ0n) is 8.65. The van der Waals surface area contributed by atoms with Gasteiger partial charge < -0.3 is 10.4 Å². The Morgan fingerprint density at radius 2 is 1.42 bits per heavy atom. The first-order valence-electron chi connectivity index (χ1n) is 4.28. The van der Waals surface area contributed by atoms with Gasteiger partial charge in [-0.3, -0.25) is 0 Å². The van der Waals surface area contributed by atoms with Gasteiger partial charge in [-0.05, 0) is 40.5 Å². The van der Waals surface area contributed by atoms with E-state index in [1.807, 2.05) is 0 Å². The summed E-state index contributed by atoms with van der Waals surface area (Å²) in [5.74, 6) is 0. The highest BCUT2D eigenvalue weighted by molar-refractivity contribution is 6.92. The lowest BCUT2D eigenvalue weighted by molar-refractivity contribution is 0.0396. The van der Waals surface area contributed by atoms with Crippen LogP contribution >= 0.6 is 9.90 Å². The predicted molar refractivity (Wildman–Crippen MR) is 57.6 cm³/mol. The van der Waals surface area contributed by atoms with E-state index < -0.39 is 0 Å². The minimum absolute atomic E-state index is 0. The van der Waals surface area contributed by atoms with Crippen molar-refractivity contribution in [1.29, 1.82) is 0 Å². The number of hydrogen-bond donors (Lipinski definition) is 2. The molecule has 1 unspecified atom stereocenters. The monoisotopic (exact) mass is 191 g/mol. The Morgan fingerprint density at radius 1 is 1.08 bits per heavy atom. The van der Waals surface area contributed by atoms with Gasteiger partial charge in [-0.15, -0.1) is 0 Å². The first-order valence-corrected chi connectivity index (χ1v) is 4.28. The molecule has 1 aliphatic heterocycles. The normalized spacial score (nSPS) is 27.8. The van der Waals surface area contributed by atoms with Gasteiger partial charge in [0.1, 0.15) is 0 Å². The Labute approximate surface area is 78.7 Å². The van der Waals surface area contributed by atoms with Crippen molar-refractivity contribution < 1.29 is 5.11 Å². The van der Waals surface area contributed by atoms with Crippen molar-refractivity contribution >= 4 is 9.90 Å². The van der Waals surface area contributed by atoms with Crippen LogP contribution in [0, 0.1) is 0 Å². The zero-order chi connectivity index (χ0) is 8.70. The molecule has 1 rings (SSSR count). The van der Waals surface area contributed by atoms with Crippen LogP contribution in [0.1, 0.15) is 40.5 Å². The second-order valence-electron chi connectivity index (χ2n) is 4.95. The number of nitrogens with one attached hydrogen (secondary N) is 1. The van der Waals surface area contributed by atoms with E-state index in [0.717, 1.165) is 12.8 Å². The lowest BCUT2D eigenvalue weighted by atomic mass is 9.81. The first kappa shape index (κ1) is 12.3. The molecule has 1 aliphatic rings. The Morgan fingerprint density at radius 3 is 1.67 bits per heavy atom. The van der Waals surface area contributed by atoms with Crippen molar-refractivity contribution in [3.05, 3.63) is 0 Å². The van der Waals surface area contributed by atoms with Crippen molar-refractivity contribution in [2.45, 2.75) is 57.7 Å². The molecule has 0 aliphatic carbocycles. The van der Waals surface area contributed by atoms with Crippen molar-refractivity contribution in [1.82, 2.24) is 5.32 Å². The van der Waals surface area contributed by atoms with Gasteiger partial charge >= 0.3 is 0 Å². The number of rotatable bonds is 0. The molecule has 0 bridgehead atoms. The van der Waals surface area contributed by atoms with Gasteiger partial charge in [-0.25, -0.2) is 0 Å². The van der Waals surface area contributed by atoms with Crippen LogP contribution in [0.25, 0.3) is 0 Å². The molecule has 0 aromatic carbocycles. The summed E-state index contributed by atoms with van der Waals surface area (Å²) in [5, 5.41) is 13.0. The van der Waals surface area contributed by atoms with Crippen molar-refractivity contribution in [3.63, 3.8) is 0 Å². The molecule has 0 aromatic rings. The van der Waals surface area contributed by atoms with Crippen LogP contribution in [0.2, 0.25) is 0 Å². The fourth-order valence-electron chi connectivity index (χ4n) is 2.27. The van der Waals surface area contributed by atoms with Gasteiger partial charge in [-0.2, -0.15) is 9.90 Å². The van der Waals surface area contributed by atoms with Crippen LogP contribution in [0.3, 0.4) is 0 Å². The molecular weight excluding hydrogens is 169 g/mol. The molecule has 0 saturated carbocycles. The molecule has 0 amide bonds. The molecule has 74 valence electrons. The summed E-state index contributed by atoms with van der Waals surface area (Å²) in [6.45, 7) is 8.54. The maximum atomic E-state index is 9.54. The van der Waals surface area contributed by atoms with Crippen molar-refractivity contribution in [3.8, 4) is 0 Å². The summed E-state index contributed by atoms with van der Waals surface area (Å²) >= 11 is 0. The summed E-state index contributed by atoms with van der Waals surface area (Å²) in [6, 6.07) is 0. The van der Waals surface area contributed by atoms with Crippen LogP contribution in [-0.2, 0) is 0 Å². The standard InChI is InChI=1S/C9H19NO.H3P/c1-8(2)5-7(11)6-9(3,4)10-8;/h7,10-11H,5-6H2,1-4H3;1H3. The van der Waals surface area contributed by atoms with E-state index in [1.54, 1.807) is 0 Å². The number of hydrogen-bond acceptors (Lipinski definition) is 2. The molecule has 0 spiro atoms. The zero-order valence-corrected chi connectivity index (χ0v) is 10.1. The third kappa shape index (κ3) is 3.38. The lowest BCUT2D eigenvalue weighted by Gasteiger charge is -2.44. The summed E-state index contributed by atoms with van der Waals surface area (Å²) < 4.78 is 0. The molecule has 2 nitrogen and oxygen atoms in total. The van der Waals surface area contributed by atoms with Crippen LogP contribution in [0.4, 0.5) is 0 Å². The number of piperidine rings is 1. The molecular formula is C9H22NOP. The molecule has 2 N–H and O–H groups in total. The maximum absolute atomic E-state index is 9.54. The Bertz CT molecular complexity index is 141. The minimum atomic E-state index is -0.138. The summed E-state index contributed by atoms with van der Waals surface area (Å²) in [7, 11) is 0. The third-order valence-corrected chi connectivity index (χ3v) is 2.17. The van der Waals surface area contributed by atoms with Crippen LogP contribution in [0.15, 0.2) is 0 Å². The Hall–Kier alpha value is 0.350. The maximum Gasteiger partial charge on any atom is 0.0575 e. The van der Waals surface area contributed by atoms with Gasteiger partial charge in [0.25, 0.3) is 0 Å². The fraction of sp³-hybridized carbons (Fsp3) is 1.00. The topological polar surface area (TPSA) is 32.3 Å². The fourth-order valence-corrected chi connectivity index (χ4v) is 2.27. The second-order valence-corrected chi connectivity index (χ2v) is 4.95. The summed E-state index contributed by atoms with van der Waals surface area (Å²) in [6.07, 6.45) is 1.58. The van der Waals surface area contributed by atoms with Crippen molar-refractivity contribution in [2.24, 2.45) is 0 Å². The molecule has 1 saturated heterocycles. The van der Waals surface area contributed by atoms with Gasteiger partial charge in [0.15, 0.2) is 0 Å². The van der Waals surface area contributed by atoms with E-state index in [-0.39, 0.29) is 27.1 Å². The Balaban J connectivity index is 0.00000121. The highest BCUT2D eigenvalue weighted by Crippen LogP contribution is 2.27. The van der Waals surface area contributed by atoms with E-state index in [1.165, 1.54) is 0 Å². The smallest absolute Gasteiger partial charge is 0.0575 e. The molecule has 3 heteroatoms. The average molecular weight is 191 g/mol. The Kier molecular flexibility index (Phi) is 3.72. The number of aliphatic hydroxyl groups excluding tert-OH is 1. The highest BCUT2D eigenvalue weighted by atomic mass is 31.0. The van der Waals surface area contributed by atoms with Gasteiger partial charge in [0.05, 0.1) is 6.10 Å². The summed E-state index contributed by atoms with van der Waals surface area (Å²) in [5.41, 5.74) is 0.169. The third-order valence-electron chi connectivity index (χ3n) is 2.17. The quantitative estimate of drug-likeness (QED) is 0.566. The average Bonchev–Trinajstić information content (AvgIpc) is 1.49. The predicted octanol–water partition coefficient (Wildman–Crippen LogP) is 1.35. The van der Waals surface area contributed by atoms with E-state index >= 15 is 0 Å². The minimum Gasteiger partial charge on any atom is -0.393 e. The molecule has 1 fully saturated rings. The van der Waals surface area contributed by atoms with Gasteiger partial charge in [-0.1, -0.05) is 0 Å². The lowest BCUT2D eigenvalue weighted by Crippen LogP contribution is -2.59. The summed E-state index contributed by atoms with van der Waals surface area (Å²) in [4.78, 5) is 0.